The minimum Gasteiger partial charge on any atom is -0.352 e. The molecule has 2 fully saturated rings. The highest BCUT2D eigenvalue weighted by Gasteiger charge is 2.30. The molecular weight excluding hydrogens is 232 g/mol. The van der Waals surface area contributed by atoms with Crippen LogP contribution in [0.5, 0.6) is 0 Å². The molecule has 0 aromatic rings. The van der Waals surface area contributed by atoms with E-state index < -0.39 is 0 Å². The Morgan fingerprint density at radius 2 is 1.83 bits per heavy atom. The number of amides is 2. The first kappa shape index (κ1) is 13.1. The average molecular weight is 252 g/mol. The second-order valence-electron chi connectivity index (χ2n) is 5.33. The van der Waals surface area contributed by atoms with E-state index in [2.05, 4.69) is 10.6 Å². The van der Waals surface area contributed by atoms with Crippen molar-refractivity contribution in [2.24, 2.45) is 5.92 Å². The van der Waals surface area contributed by atoms with Crippen molar-refractivity contribution in [3.8, 4) is 0 Å². The fourth-order valence-corrected chi connectivity index (χ4v) is 2.76. The fraction of sp³-hybridized carbons (Fsp3) is 0.769. The van der Waals surface area contributed by atoms with Gasteiger partial charge in [0, 0.05) is 18.4 Å². The molecule has 2 amide bonds. The Labute approximate surface area is 107 Å². The van der Waals surface area contributed by atoms with Gasteiger partial charge in [0.1, 0.15) is 11.8 Å². The summed E-state index contributed by atoms with van der Waals surface area (Å²) in [6.07, 6.45) is 4.46. The summed E-state index contributed by atoms with van der Waals surface area (Å²) < 4.78 is 0. The largest absolute Gasteiger partial charge is 0.352 e. The number of nitrogens with one attached hydrogen (secondary N) is 2. The molecule has 1 saturated heterocycles. The smallest absolute Gasteiger partial charge is 0.242 e. The molecule has 2 rings (SSSR count). The number of hydrogen-bond acceptors (Lipinski definition) is 3. The molecule has 1 atom stereocenters. The van der Waals surface area contributed by atoms with Crippen LogP contribution in [-0.4, -0.2) is 29.7 Å². The number of carbonyl (C=O) groups is 3. The lowest BCUT2D eigenvalue weighted by atomic mass is 9.84. The first-order valence-electron chi connectivity index (χ1n) is 6.66. The lowest BCUT2D eigenvalue weighted by molar-refractivity contribution is -0.126. The van der Waals surface area contributed by atoms with Crippen molar-refractivity contribution in [2.45, 2.75) is 57.5 Å². The Kier molecular flexibility index (Phi) is 3.99. The van der Waals surface area contributed by atoms with Crippen LogP contribution in [0.1, 0.15) is 45.4 Å². The van der Waals surface area contributed by atoms with Crippen molar-refractivity contribution in [1.29, 1.82) is 0 Å². The Morgan fingerprint density at radius 3 is 2.33 bits per heavy atom. The molecule has 1 heterocycles. The van der Waals surface area contributed by atoms with E-state index in [4.69, 9.17) is 0 Å². The summed E-state index contributed by atoms with van der Waals surface area (Å²) in [6, 6.07) is -0.200. The second-order valence-corrected chi connectivity index (χ2v) is 5.33. The summed E-state index contributed by atoms with van der Waals surface area (Å²) in [5, 5.41) is 5.64. The van der Waals surface area contributed by atoms with E-state index in [1.54, 1.807) is 6.92 Å². The van der Waals surface area contributed by atoms with Crippen LogP contribution in [0.15, 0.2) is 0 Å². The van der Waals surface area contributed by atoms with Crippen molar-refractivity contribution >= 4 is 17.6 Å². The minimum atomic E-state index is -0.358. The van der Waals surface area contributed by atoms with E-state index >= 15 is 0 Å². The van der Waals surface area contributed by atoms with E-state index in [-0.39, 0.29) is 35.6 Å². The molecular formula is C13H20N2O3. The third kappa shape index (κ3) is 3.09. The summed E-state index contributed by atoms with van der Waals surface area (Å²) in [6.45, 7) is 1.64. The molecule has 100 valence electrons. The lowest BCUT2D eigenvalue weighted by Gasteiger charge is -2.28. The van der Waals surface area contributed by atoms with E-state index in [1.807, 2.05) is 0 Å². The van der Waals surface area contributed by atoms with Gasteiger partial charge in [-0.15, -0.1) is 0 Å². The molecule has 0 aromatic carbocycles. The SMILES string of the molecule is CC(=O)C1CCC(NC(=O)C2CCC(=O)N2)CC1. The van der Waals surface area contributed by atoms with Gasteiger partial charge in [-0.25, -0.2) is 0 Å². The average Bonchev–Trinajstić information content (AvgIpc) is 2.76. The number of Topliss-reactive ketones (excluding diaryl/α,β-unsaturated/α-hetero) is 1. The topological polar surface area (TPSA) is 75.3 Å². The quantitative estimate of drug-likeness (QED) is 0.769. The van der Waals surface area contributed by atoms with Gasteiger partial charge in [-0.1, -0.05) is 0 Å². The van der Waals surface area contributed by atoms with Crippen LogP contribution >= 0.6 is 0 Å². The minimum absolute atomic E-state index is 0.0459. The summed E-state index contributed by atoms with van der Waals surface area (Å²) in [4.78, 5) is 34.2. The molecule has 0 radical (unpaired) electrons. The zero-order valence-corrected chi connectivity index (χ0v) is 10.7. The maximum absolute atomic E-state index is 11.9. The maximum atomic E-state index is 11.9. The van der Waals surface area contributed by atoms with Gasteiger partial charge in [0.15, 0.2) is 0 Å². The number of hydrogen-bond donors (Lipinski definition) is 2. The first-order chi connectivity index (χ1) is 8.56. The highest BCUT2D eigenvalue weighted by atomic mass is 16.2. The van der Waals surface area contributed by atoms with Crippen molar-refractivity contribution in [3.05, 3.63) is 0 Å². The van der Waals surface area contributed by atoms with Gasteiger partial charge in [0.05, 0.1) is 0 Å². The van der Waals surface area contributed by atoms with Gasteiger partial charge >= 0.3 is 0 Å². The first-order valence-corrected chi connectivity index (χ1v) is 6.66. The van der Waals surface area contributed by atoms with E-state index in [0.29, 0.717) is 12.8 Å². The van der Waals surface area contributed by atoms with Gasteiger partial charge in [0.2, 0.25) is 11.8 Å². The van der Waals surface area contributed by atoms with Crippen LogP contribution in [-0.2, 0) is 14.4 Å². The van der Waals surface area contributed by atoms with E-state index in [1.165, 1.54) is 0 Å². The monoisotopic (exact) mass is 252 g/mol. The molecule has 1 unspecified atom stereocenters. The van der Waals surface area contributed by atoms with Gasteiger partial charge in [-0.2, -0.15) is 0 Å². The van der Waals surface area contributed by atoms with Gasteiger partial charge in [0.25, 0.3) is 0 Å². The third-order valence-electron chi connectivity index (χ3n) is 3.96. The van der Waals surface area contributed by atoms with Crippen LogP contribution in [0.25, 0.3) is 0 Å². The molecule has 0 aromatic heterocycles. The van der Waals surface area contributed by atoms with Crippen LogP contribution in [0.3, 0.4) is 0 Å². The zero-order valence-electron chi connectivity index (χ0n) is 10.7. The summed E-state index contributed by atoms with van der Waals surface area (Å²) >= 11 is 0. The van der Waals surface area contributed by atoms with Crippen molar-refractivity contribution in [3.63, 3.8) is 0 Å². The number of carbonyl (C=O) groups excluding carboxylic acids is 3. The predicted octanol–water partition coefficient (Wildman–Crippen LogP) is 0.529. The molecule has 2 aliphatic rings. The lowest BCUT2D eigenvalue weighted by Crippen LogP contribution is -2.47. The van der Waals surface area contributed by atoms with Crippen LogP contribution < -0.4 is 10.6 Å². The fourth-order valence-electron chi connectivity index (χ4n) is 2.76. The van der Waals surface area contributed by atoms with Gasteiger partial charge in [-0.3, -0.25) is 14.4 Å². The van der Waals surface area contributed by atoms with Gasteiger partial charge < -0.3 is 10.6 Å². The van der Waals surface area contributed by atoms with Crippen molar-refractivity contribution < 1.29 is 14.4 Å². The highest BCUT2D eigenvalue weighted by Crippen LogP contribution is 2.25. The Hall–Kier alpha value is -1.39. The number of ketones is 1. The highest BCUT2D eigenvalue weighted by molar-refractivity contribution is 5.90. The van der Waals surface area contributed by atoms with Crippen LogP contribution in [0, 0.1) is 5.92 Å². The Morgan fingerprint density at radius 1 is 1.17 bits per heavy atom. The molecule has 1 aliphatic carbocycles. The summed E-state index contributed by atoms with van der Waals surface area (Å²) in [7, 11) is 0. The van der Waals surface area contributed by atoms with Crippen LogP contribution in [0.2, 0.25) is 0 Å². The summed E-state index contributed by atoms with van der Waals surface area (Å²) in [5.41, 5.74) is 0. The molecule has 0 bridgehead atoms. The third-order valence-corrected chi connectivity index (χ3v) is 3.96. The van der Waals surface area contributed by atoms with E-state index in [9.17, 15) is 14.4 Å². The maximum Gasteiger partial charge on any atom is 0.242 e. The normalized spacial score (nSPS) is 31.8. The number of rotatable bonds is 3. The van der Waals surface area contributed by atoms with Gasteiger partial charge in [-0.05, 0) is 39.0 Å². The van der Waals surface area contributed by atoms with Crippen molar-refractivity contribution in [1.82, 2.24) is 10.6 Å². The molecule has 5 nitrogen and oxygen atoms in total. The standard InChI is InChI=1S/C13H20N2O3/c1-8(16)9-2-4-10(5-3-9)14-13(18)11-6-7-12(17)15-11/h9-11H,2-7H2,1H3,(H,14,18)(H,15,17). The Balaban J connectivity index is 1.76. The molecule has 5 heteroatoms. The molecule has 2 N–H and O–H groups in total. The Bertz CT molecular complexity index is 359. The zero-order chi connectivity index (χ0) is 13.1. The predicted molar refractivity (Wildman–Crippen MR) is 65.7 cm³/mol. The molecule has 1 saturated carbocycles. The van der Waals surface area contributed by atoms with Crippen LogP contribution in [0.4, 0.5) is 0 Å². The summed E-state index contributed by atoms with van der Waals surface area (Å²) in [5.74, 6) is 0.301. The second kappa shape index (κ2) is 5.50. The molecule has 18 heavy (non-hydrogen) atoms. The van der Waals surface area contributed by atoms with E-state index in [0.717, 1.165) is 25.7 Å². The van der Waals surface area contributed by atoms with Crippen molar-refractivity contribution in [2.75, 3.05) is 0 Å². The molecule has 0 spiro atoms. The molecule has 1 aliphatic heterocycles.